The zero-order valence-corrected chi connectivity index (χ0v) is 9.83. The molecule has 0 spiro atoms. The van der Waals surface area contributed by atoms with Crippen molar-refractivity contribution in [2.45, 2.75) is 52.0 Å². The van der Waals surface area contributed by atoms with E-state index in [2.05, 4.69) is 5.32 Å². The van der Waals surface area contributed by atoms with Gasteiger partial charge in [-0.3, -0.25) is 4.79 Å². The first-order valence-electron chi connectivity index (χ1n) is 6.03. The molecule has 0 aromatic heterocycles. The van der Waals surface area contributed by atoms with Gasteiger partial charge in [0.15, 0.2) is 0 Å². The molecule has 0 unspecified atom stereocenters. The smallest absolute Gasteiger partial charge is 0.220 e. The van der Waals surface area contributed by atoms with E-state index < -0.39 is 0 Å². The molecule has 1 atom stereocenters. The standard InChI is InChI=1S/C12H23NO2/c1-9(2)11(8-14)13-12(15)7-10-5-3-4-6-10/h9-11,14H,3-8H2,1-2H3,(H,13,15)/t11-/m1/s1. The minimum Gasteiger partial charge on any atom is -0.394 e. The Morgan fingerprint density at radius 3 is 2.47 bits per heavy atom. The molecule has 0 aromatic rings. The Morgan fingerprint density at radius 2 is 2.00 bits per heavy atom. The van der Waals surface area contributed by atoms with E-state index in [-0.39, 0.29) is 18.6 Å². The van der Waals surface area contributed by atoms with Crippen LogP contribution in [-0.2, 0) is 4.79 Å². The van der Waals surface area contributed by atoms with Gasteiger partial charge >= 0.3 is 0 Å². The molecule has 1 rings (SSSR count). The van der Waals surface area contributed by atoms with Crippen LogP contribution in [0.4, 0.5) is 0 Å². The molecule has 1 fully saturated rings. The summed E-state index contributed by atoms with van der Waals surface area (Å²) >= 11 is 0. The topological polar surface area (TPSA) is 49.3 Å². The SMILES string of the molecule is CC(C)[C@@H](CO)NC(=O)CC1CCCC1. The van der Waals surface area contributed by atoms with E-state index in [1.165, 1.54) is 25.7 Å². The van der Waals surface area contributed by atoms with E-state index in [9.17, 15) is 4.79 Å². The molecule has 0 radical (unpaired) electrons. The third-order valence-corrected chi connectivity index (χ3v) is 3.30. The predicted octanol–water partition coefficient (Wildman–Crippen LogP) is 1.70. The zero-order valence-electron chi connectivity index (χ0n) is 9.83. The summed E-state index contributed by atoms with van der Waals surface area (Å²) < 4.78 is 0. The quantitative estimate of drug-likeness (QED) is 0.730. The van der Waals surface area contributed by atoms with Gasteiger partial charge in [-0.2, -0.15) is 0 Å². The number of carbonyl (C=O) groups is 1. The fourth-order valence-electron chi connectivity index (χ4n) is 2.17. The number of amides is 1. The van der Waals surface area contributed by atoms with Crippen LogP contribution in [0.1, 0.15) is 46.0 Å². The minimum absolute atomic E-state index is 0.0358. The van der Waals surface area contributed by atoms with Crippen molar-refractivity contribution < 1.29 is 9.90 Å². The van der Waals surface area contributed by atoms with Gasteiger partial charge in [-0.05, 0) is 24.7 Å². The van der Waals surface area contributed by atoms with Crippen molar-refractivity contribution in [2.24, 2.45) is 11.8 Å². The highest BCUT2D eigenvalue weighted by Gasteiger charge is 2.21. The molecule has 1 aliphatic carbocycles. The molecule has 2 N–H and O–H groups in total. The van der Waals surface area contributed by atoms with Crippen LogP contribution in [-0.4, -0.2) is 23.7 Å². The van der Waals surface area contributed by atoms with E-state index in [0.29, 0.717) is 18.3 Å². The Balaban J connectivity index is 2.27. The normalized spacial score (nSPS) is 19.5. The monoisotopic (exact) mass is 213 g/mol. The second-order valence-corrected chi connectivity index (χ2v) is 4.96. The van der Waals surface area contributed by atoms with Gasteiger partial charge < -0.3 is 10.4 Å². The number of hydrogen-bond acceptors (Lipinski definition) is 2. The van der Waals surface area contributed by atoms with Gasteiger partial charge in [0.05, 0.1) is 12.6 Å². The van der Waals surface area contributed by atoms with E-state index in [1.54, 1.807) is 0 Å². The van der Waals surface area contributed by atoms with Crippen LogP contribution >= 0.6 is 0 Å². The second kappa shape index (κ2) is 6.11. The van der Waals surface area contributed by atoms with Crippen LogP contribution in [0.15, 0.2) is 0 Å². The van der Waals surface area contributed by atoms with Gasteiger partial charge in [-0.1, -0.05) is 26.7 Å². The molecule has 15 heavy (non-hydrogen) atoms. The third kappa shape index (κ3) is 4.20. The predicted molar refractivity (Wildman–Crippen MR) is 60.4 cm³/mol. The van der Waals surface area contributed by atoms with Gasteiger partial charge in [0, 0.05) is 6.42 Å². The highest BCUT2D eigenvalue weighted by Crippen LogP contribution is 2.27. The maximum absolute atomic E-state index is 11.7. The Bertz CT molecular complexity index is 198. The van der Waals surface area contributed by atoms with Crippen molar-refractivity contribution in [2.75, 3.05) is 6.61 Å². The largest absolute Gasteiger partial charge is 0.394 e. The molecule has 1 amide bonds. The third-order valence-electron chi connectivity index (χ3n) is 3.30. The number of aliphatic hydroxyl groups excluding tert-OH is 1. The summed E-state index contributed by atoms with van der Waals surface area (Å²) in [4.78, 5) is 11.7. The van der Waals surface area contributed by atoms with Gasteiger partial charge in [0.2, 0.25) is 5.91 Å². The Hall–Kier alpha value is -0.570. The van der Waals surface area contributed by atoms with Crippen LogP contribution in [0.2, 0.25) is 0 Å². The fourth-order valence-corrected chi connectivity index (χ4v) is 2.17. The van der Waals surface area contributed by atoms with Crippen LogP contribution in [0.5, 0.6) is 0 Å². The van der Waals surface area contributed by atoms with Gasteiger partial charge in [-0.15, -0.1) is 0 Å². The van der Waals surface area contributed by atoms with Gasteiger partial charge in [0.25, 0.3) is 0 Å². The lowest BCUT2D eigenvalue weighted by Crippen LogP contribution is -2.41. The van der Waals surface area contributed by atoms with Crippen molar-refractivity contribution in [1.29, 1.82) is 0 Å². The first-order chi connectivity index (χ1) is 7.13. The van der Waals surface area contributed by atoms with Gasteiger partial charge in [0.1, 0.15) is 0 Å². The Morgan fingerprint density at radius 1 is 1.40 bits per heavy atom. The summed E-state index contributed by atoms with van der Waals surface area (Å²) in [6.07, 6.45) is 5.57. The molecule has 3 nitrogen and oxygen atoms in total. The first kappa shape index (κ1) is 12.5. The van der Waals surface area contributed by atoms with Crippen LogP contribution in [0, 0.1) is 11.8 Å². The van der Waals surface area contributed by atoms with Crippen molar-refractivity contribution in [3.05, 3.63) is 0 Å². The lowest BCUT2D eigenvalue weighted by molar-refractivity contribution is -0.123. The van der Waals surface area contributed by atoms with Crippen molar-refractivity contribution in [1.82, 2.24) is 5.32 Å². The molecular weight excluding hydrogens is 190 g/mol. The molecule has 0 heterocycles. The summed E-state index contributed by atoms with van der Waals surface area (Å²) in [6, 6.07) is -0.0843. The van der Waals surface area contributed by atoms with Crippen LogP contribution < -0.4 is 5.32 Å². The number of rotatable bonds is 5. The van der Waals surface area contributed by atoms with Crippen molar-refractivity contribution >= 4 is 5.91 Å². The second-order valence-electron chi connectivity index (χ2n) is 4.96. The summed E-state index contributed by atoms with van der Waals surface area (Å²) in [7, 11) is 0. The Kier molecular flexibility index (Phi) is 5.09. The number of aliphatic hydroxyl groups is 1. The molecule has 0 saturated heterocycles. The summed E-state index contributed by atoms with van der Waals surface area (Å²) in [5.74, 6) is 0.980. The lowest BCUT2D eigenvalue weighted by atomic mass is 10.0. The zero-order chi connectivity index (χ0) is 11.3. The van der Waals surface area contributed by atoms with Crippen LogP contribution in [0.25, 0.3) is 0 Å². The number of nitrogens with one attached hydrogen (secondary N) is 1. The minimum atomic E-state index is -0.0843. The van der Waals surface area contributed by atoms with Gasteiger partial charge in [-0.25, -0.2) is 0 Å². The lowest BCUT2D eigenvalue weighted by Gasteiger charge is -2.20. The molecular formula is C12H23NO2. The average molecular weight is 213 g/mol. The molecule has 0 aliphatic heterocycles. The van der Waals surface area contributed by atoms with E-state index in [1.807, 2.05) is 13.8 Å². The molecule has 0 bridgehead atoms. The molecule has 88 valence electrons. The van der Waals surface area contributed by atoms with Crippen molar-refractivity contribution in [3.8, 4) is 0 Å². The van der Waals surface area contributed by atoms with E-state index in [0.717, 1.165) is 0 Å². The fraction of sp³-hybridized carbons (Fsp3) is 0.917. The van der Waals surface area contributed by atoms with Crippen molar-refractivity contribution in [3.63, 3.8) is 0 Å². The summed E-state index contributed by atoms with van der Waals surface area (Å²) in [5.41, 5.74) is 0. The van der Waals surface area contributed by atoms with E-state index in [4.69, 9.17) is 5.11 Å². The molecule has 0 aromatic carbocycles. The molecule has 1 aliphatic rings. The first-order valence-corrected chi connectivity index (χ1v) is 6.03. The maximum atomic E-state index is 11.7. The van der Waals surface area contributed by atoms with Crippen LogP contribution in [0.3, 0.4) is 0 Å². The Labute approximate surface area is 92.3 Å². The highest BCUT2D eigenvalue weighted by molar-refractivity contribution is 5.76. The maximum Gasteiger partial charge on any atom is 0.220 e. The molecule has 1 saturated carbocycles. The van der Waals surface area contributed by atoms with E-state index >= 15 is 0 Å². The molecule has 3 heteroatoms. The number of hydrogen-bond donors (Lipinski definition) is 2. The number of carbonyl (C=O) groups excluding carboxylic acids is 1. The summed E-state index contributed by atoms with van der Waals surface area (Å²) in [6.45, 7) is 4.06. The highest BCUT2D eigenvalue weighted by atomic mass is 16.3. The summed E-state index contributed by atoms with van der Waals surface area (Å²) in [5, 5.41) is 12.0. The average Bonchev–Trinajstić information content (AvgIpc) is 2.66.